The van der Waals surface area contributed by atoms with Crippen molar-refractivity contribution >= 4 is 11.9 Å². The highest BCUT2D eigenvalue weighted by atomic mass is 19.1. The summed E-state index contributed by atoms with van der Waals surface area (Å²) in [6.45, 7) is 3.47. The Bertz CT molecular complexity index is 737. The van der Waals surface area contributed by atoms with Crippen LogP contribution in [0.25, 0.3) is 11.1 Å². The van der Waals surface area contributed by atoms with Crippen LogP contribution in [0.2, 0.25) is 0 Å². The summed E-state index contributed by atoms with van der Waals surface area (Å²) in [4.78, 5) is 22.7. The van der Waals surface area contributed by atoms with Gasteiger partial charge < -0.3 is 9.84 Å². The number of benzene rings is 2. The number of carboxylic acid groups (broad SMARTS) is 1. The molecule has 2 aromatic carbocycles. The Kier molecular flexibility index (Phi) is 4.56. The van der Waals surface area contributed by atoms with Gasteiger partial charge in [0.15, 0.2) is 0 Å². The molecule has 0 aliphatic carbocycles. The van der Waals surface area contributed by atoms with Crippen LogP contribution in [-0.2, 0) is 4.74 Å². The summed E-state index contributed by atoms with van der Waals surface area (Å²) < 4.78 is 18.9. The summed E-state index contributed by atoms with van der Waals surface area (Å²) in [5, 5.41) is 9.13. The highest BCUT2D eigenvalue weighted by Crippen LogP contribution is 2.27. The smallest absolute Gasteiger partial charge is 0.341 e. The molecule has 0 saturated carbocycles. The summed E-state index contributed by atoms with van der Waals surface area (Å²) in [5.41, 5.74) is 1.67. The Morgan fingerprint density at radius 2 is 1.91 bits per heavy atom. The first kappa shape index (κ1) is 15.7. The molecule has 4 nitrogen and oxygen atoms in total. The summed E-state index contributed by atoms with van der Waals surface area (Å²) in [5.74, 6) is -2.46. The molecule has 22 heavy (non-hydrogen) atoms. The van der Waals surface area contributed by atoms with Crippen molar-refractivity contribution in [1.82, 2.24) is 0 Å². The standard InChI is InChI=1S/C17H15FO4/c1-3-22-17(21)14-8-7-11(9-15(14)18)12-5-4-6-13(10(12)2)16(19)20/h4-9H,3H2,1-2H3,(H,19,20). The Morgan fingerprint density at radius 3 is 2.50 bits per heavy atom. The van der Waals surface area contributed by atoms with E-state index >= 15 is 0 Å². The predicted octanol–water partition coefficient (Wildman–Crippen LogP) is 3.68. The molecule has 0 spiro atoms. The van der Waals surface area contributed by atoms with Crippen molar-refractivity contribution in [2.24, 2.45) is 0 Å². The molecule has 1 N–H and O–H groups in total. The lowest BCUT2D eigenvalue weighted by Crippen LogP contribution is -2.07. The molecule has 5 heteroatoms. The van der Waals surface area contributed by atoms with Crippen LogP contribution in [0.3, 0.4) is 0 Å². The van der Waals surface area contributed by atoms with Crippen LogP contribution >= 0.6 is 0 Å². The molecule has 2 aromatic rings. The number of ether oxygens (including phenoxy) is 1. The lowest BCUT2D eigenvalue weighted by molar-refractivity contribution is 0.0520. The molecule has 0 aliphatic heterocycles. The highest BCUT2D eigenvalue weighted by molar-refractivity contribution is 5.93. The molecule has 0 aliphatic rings. The fourth-order valence-corrected chi connectivity index (χ4v) is 2.24. The number of carbonyl (C=O) groups excluding carboxylic acids is 1. The van der Waals surface area contributed by atoms with E-state index in [1.165, 1.54) is 18.2 Å². The van der Waals surface area contributed by atoms with E-state index in [4.69, 9.17) is 9.84 Å². The third-order valence-corrected chi connectivity index (χ3v) is 3.34. The van der Waals surface area contributed by atoms with E-state index in [9.17, 15) is 14.0 Å². The van der Waals surface area contributed by atoms with E-state index in [2.05, 4.69) is 0 Å². The lowest BCUT2D eigenvalue weighted by Gasteiger charge is -2.10. The normalized spacial score (nSPS) is 10.3. The minimum Gasteiger partial charge on any atom is -0.478 e. The quantitative estimate of drug-likeness (QED) is 0.875. The molecule has 0 heterocycles. The van der Waals surface area contributed by atoms with E-state index in [1.807, 2.05) is 0 Å². The predicted molar refractivity (Wildman–Crippen MR) is 79.5 cm³/mol. The zero-order valence-electron chi connectivity index (χ0n) is 12.2. The van der Waals surface area contributed by atoms with Gasteiger partial charge in [0.2, 0.25) is 0 Å². The van der Waals surface area contributed by atoms with Crippen molar-refractivity contribution in [3.63, 3.8) is 0 Å². The van der Waals surface area contributed by atoms with Gasteiger partial charge in [-0.1, -0.05) is 18.2 Å². The average molecular weight is 302 g/mol. The first-order valence-electron chi connectivity index (χ1n) is 6.75. The van der Waals surface area contributed by atoms with Gasteiger partial charge in [0.05, 0.1) is 17.7 Å². The maximum Gasteiger partial charge on any atom is 0.341 e. The van der Waals surface area contributed by atoms with Crippen molar-refractivity contribution in [2.75, 3.05) is 6.61 Å². The molecule has 0 atom stereocenters. The zero-order chi connectivity index (χ0) is 16.3. The van der Waals surface area contributed by atoms with Gasteiger partial charge in [0.25, 0.3) is 0 Å². The van der Waals surface area contributed by atoms with Gasteiger partial charge >= 0.3 is 11.9 Å². The van der Waals surface area contributed by atoms with Crippen LogP contribution in [0.5, 0.6) is 0 Å². The Morgan fingerprint density at radius 1 is 1.18 bits per heavy atom. The van der Waals surface area contributed by atoms with Crippen molar-refractivity contribution in [3.05, 3.63) is 58.9 Å². The number of carboxylic acids is 1. The molecule has 0 amide bonds. The summed E-state index contributed by atoms with van der Waals surface area (Å²) in [6.07, 6.45) is 0. The minimum atomic E-state index is -1.04. The number of hydrogen-bond acceptors (Lipinski definition) is 3. The SMILES string of the molecule is CCOC(=O)c1ccc(-c2cccc(C(=O)O)c2C)cc1F. The van der Waals surface area contributed by atoms with Crippen LogP contribution in [0.15, 0.2) is 36.4 Å². The highest BCUT2D eigenvalue weighted by Gasteiger charge is 2.16. The van der Waals surface area contributed by atoms with E-state index in [-0.39, 0.29) is 17.7 Å². The van der Waals surface area contributed by atoms with Crippen molar-refractivity contribution in [3.8, 4) is 11.1 Å². The molecule has 0 unspecified atom stereocenters. The van der Waals surface area contributed by atoms with E-state index < -0.39 is 17.8 Å². The van der Waals surface area contributed by atoms with E-state index in [0.29, 0.717) is 16.7 Å². The van der Waals surface area contributed by atoms with E-state index in [1.54, 1.807) is 32.0 Å². The largest absolute Gasteiger partial charge is 0.478 e. The molecule has 0 fully saturated rings. The summed E-state index contributed by atoms with van der Waals surface area (Å²) >= 11 is 0. The van der Waals surface area contributed by atoms with Crippen LogP contribution in [-0.4, -0.2) is 23.7 Å². The Balaban J connectivity index is 2.47. The number of aromatic carboxylic acids is 1. The molecule has 0 saturated heterocycles. The van der Waals surface area contributed by atoms with Crippen molar-refractivity contribution in [2.45, 2.75) is 13.8 Å². The summed E-state index contributed by atoms with van der Waals surface area (Å²) in [7, 11) is 0. The second kappa shape index (κ2) is 6.39. The molecule has 114 valence electrons. The van der Waals surface area contributed by atoms with Crippen LogP contribution in [0.1, 0.15) is 33.2 Å². The molecule has 0 radical (unpaired) electrons. The molecular weight excluding hydrogens is 287 g/mol. The first-order valence-corrected chi connectivity index (χ1v) is 6.75. The zero-order valence-corrected chi connectivity index (χ0v) is 12.2. The number of halogens is 1. The second-order valence-corrected chi connectivity index (χ2v) is 4.70. The van der Waals surface area contributed by atoms with Crippen LogP contribution in [0.4, 0.5) is 4.39 Å². The van der Waals surface area contributed by atoms with Gasteiger partial charge in [-0.05, 0) is 48.7 Å². The van der Waals surface area contributed by atoms with Gasteiger partial charge in [-0.2, -0.15) is 0 Å². The van der Waals surface area contributed by atoms with Crippen molar-refractivity contribution in [1.29, 1.82) is 0 Å². The molecule has 0 bridgehead atoms. The number of hydrogen-bond donors (Lipinski definition) is 1. The van der Waals surface area contributed by atoms with Crippen LogP contribution < -0.4 is 0 Å². The van der Waals surface area contributed by atoms with Gasteiger partial charge in [-0.25, -0.2) is 14.0 Å². The third-order valence-electron chi connectivity index (χ3n) is 3.34. The maximum absolute atomic E-state index is 14.1. The van der Waals surface area contributed by atoms with E-state index in [0.717, 1.165) is 0 Å². The average Bonchev–Trinajstić information content (AvgIpc) is 2.47. The third kappa shape index (κ3) is 2.98. The number of esters is 1. The monoisotopic (exact) mass is 302 g/mol. The van der Waals surface area contributed by atoms with Gasteiger partial charge in [-0.3, -0.25) is 0 Å². The van der Waals surface area contributed by atoms with Crippen LogP contribution in [0, 0.1) is 12.7 Å². The fourth-order valence-electron chi connectivity index (χ4n) is 2.24. The fraction of sp³-hybridized carbons (Fsp3) is 0.176. The maximum atomic E-state index is 14.1. The molecular formula is C17H15FO4. The topological polar surface area (TPSA) is 63.6 Å². The summed E-state index contributed by atoms with van der Waals surface area (Å²) in [6, 6.07) is 8.92. The van der Waals surface area contributed by atoms with Gasteiger partial charge in [-0.15, -0.1) is 0 Å². The number of rotatable bonds is 4. The second-order valence-electron chi connectivity index (χ2n) is 4.70. The Labute approximate surface area is 127 Å². The molecule has 2 rings (SSSR count). The first-order chi connectivity index (χ1) is 10.5. The lowest BCUT2D eigenvalue weighted by atomic mass is 9.95. The minimum absolute atomic E-state index is 0.141. The molecule has 0 aromatic heterocycles. The van der Waals surface area contributed by atoms with Gasteiger partial charge in [0, 0.05) is 0 Å². The van der Waals surface area contributed by atoms with Crippen molar-refractivity contribution < 1.29 is 23.8 Å². The number of carbonyl (C=O) groups is 2. The van der Waals surface area contributed by atoms with Gasteiger partial charge in [0.1, 0.15) is 5.82 Å². The Hall–Kier alpha value is -2.69.